The second kappa shape index (κ2) is 4.95. The summed E-state index contributed by atoms with van der Waals surface area (Å²) in [5.41, 5.74) is 0.794. The van der Waals surface area contributed by atoms with E-state index in [-0.39, 0.29) is 17.9 Å². The number of aliphatic hydroxyl groups is 1. The number of nitrogens with zero attached hydrogens (tertiary/aromatic N) is 1. The second-order valence-corrected chi connectivity index (χ2v) is 7.68. The van der Waals surface area contributed by atoms with E-state index in [1.807, 2.05) is 26.0 Å². The van der Waals surface area contributed by atoms with E-state index in [2.05, 4.69) is 15.5 Å². The largest absolute Gasteiger partial charge is 0.385 e. The van der Waals surface area contributed by atoms with Gasteiger partial charge in [0.25, 0.3) is 0 Å². The van der Waals surface area contributed by atoms with Crippen LogP contribution in [0.3, 0.4) is 0 Å². The molecule has 0 unspecified atom stereocenters. The van der Waals surface area contributed by atoms with Crippen LogP contribution in [0, 0.1) is 17.8 Å². The summed E-state index contributed by atoms with van der Waals surface area (Å²) >= 11 is 6.19. The van der Waals surface area contributed by atoms with Gasteiger partial charge in [-0.1, -0.05) is 25.4 Å². The number of fused-ring (bicyclic) bond motifs is 2. The molecule has 6 heteroatoms. The summed E-state index contributed by atoms with van der Waals surface area (Å²) < 4.78 is 0. The van der Waals surface area contributed by atoms with Crippen LogP contribution in [-0.2, 0) is 10.4 Å². The molecule has 4 rings (SSSR count). The van der Waals surface area contributed by atoms with Crippen molar-refractivity contribution in [3.63, 3.8) is 0 Å². The number of hydrogen-bond acceptors (Lipinski definition) is 3. The first-order chi connectivity index (χ1) is 10.9. The summed E-state index contributed by atoms with van der Waals surface area (Å²) in [5.74, 6) is 0.786. The van der Waals surface area contributed by atoms with Crippen molar-refractivity contribution in [2.24, 2.45) is 17.8 Å². The topological polar surface area (TPSA) is 78.0 Å². The molecule has 1 amide bonds. The Morgan fingerprint density at radius 1 is 1.43 bits per heavy atom. The summed E-state index contributed by atoms with van der Waals surface area (Å²) in [4.78, 5) is 11.8. The van der Waals surface area contributed by atoms with E-state index in [9.17, 15) is 9.90 Å². The summed E-state index contributed by atoms with van der Waals surface area (Å²) in [6.07, 6.45) is 3.05. The molecule has 23 heavy (non-hydrogen) atoms. The lowest BCUT2D eigenvalue weighted by molar-refractivity contribution is -0.124. The highest BCUT2D eigenvalue weighted by Gasteiger charge is 2.62. The molecule has 1 aromatic heterocycles. The summed E-state index contributed by atoms with van der Waals surface area (Å²) in [7, 11) is 0. The predicted octanol–water partition coefficient (Wildman–Crippen LogP) is 2.58. The molecule has 2 saturated carbocycles. The van der Waals surface area contributed by atoms with E-state index < -0.39 is 5.60 Å². The molecule has 2 aromatic rings. The van der Waals surface area contributed by atoms with E-state index >= 15 is 0 Å². The lowest BCUT2D eigenvalue weighted by Gasteiger charge is -2.27. The number of hydrogen-bond donors (Lipinski definition) is 3. The summed E-state index contributed by atoms with van der Waals surface area (Å²) in [6.45, 7) is 3.79. The number of halogens is 1. The molecule has 4 atom stereocenters. The molecule has 1 aromatic carbocycles. The minimum atomic E-state index is -0.887. The first-order valence-corrected chi connectivity index (χ1v) is 8.43. The number of carbonyl (C=O) groups excluding carboxylic acids is 1. The Bertz CT molecular complexity index is 773. The number of H-pyrrole nitrogens is 1. The van der Waals surface area contributed by atoms with Gasteiger partial charge in [-0.2, -0.15) is 5.10 Å². The predicted molar refractivity (Wildman–Crippen MR) is 88.0 cm³/mol. The zero-order valence-corrected chi connectivity index (χ0v) is 13.9. The van der Waals surface area contributed by atoms with Gasteiger partial charge < -0.3 is 10.4 Å². The molecular formula is C17H20ClN3O2. The maximum atomic E-state index is 11.8. The fourth-order valence-corrected chi connectivity index (χ4v) is 4.25. The van der Waals surface area contributed by atoms with Crippen LogP contribution in [-0.4, -0.2) is 27.3 Å². The fourth-order valence-electron chi connectivity index (χ4n) is 4.03. The van der Waals surface area contributed by atoms with Gasteiger partial charge in [0, 0.05) is 22.4 Å². The highest BCUT2D eigenvalue weighted by atomic mass is 35.5. The van der Waals surface area contributed by atoms with Gasteiger partial charge in [0.15, 0.2) is 0 Å². The van der Waals surface area contributed by atoms with Crippen LogP contribution in [0.4, 0.5) is 0 Å². The lowest BCUT2D eigenvalue weighted by atomic mass is 9.86. The average molecular weight is 334 g/mol. The van der Waals surface area contributed by atoms with Crippen LogP contribution in [0.15, 0.2) is 18.3 Å². The van der Waals surface area contributed by atoms with Crippen molar-refractivity contribution in [3.8, 4) is 0 Å². The van der Waals surface area contributed by atoms with Crippen LogP contribution >= 0.6 is 11.6 Å². The molecule has 2 fully saturated rings. The molecule has 122 valence electrons. The van der Waals surface area contributed by atoms with Crippen molar-refractivity contribution >= 4 is 28.4 Å². The Labute approximate surface area is 139 Å². The zero-order valence-electron chi connectivity index (χ0n) is 13.1. The van der Waals surface area contributed by atoms with Crippen LogP contribution in [0.1, 0.15) is 32.3 Å². The van der Waals surface area contributed by atoms with Gasteiger partial charge >= 0.3 is 0 Å². The highest BCUT2D eigenvalue weighted by Crippen LogP contribution is 2.60. The molecule has 2 aliphatic carbocycles. The third-order valence-corrected chi connectivity index (χ3v) is 5.55. The van der Waals surface area contributed by atoms with Gasteiger partial charge in [-0.15, -0.1) is 0 Å². The molecule has 0 spiro atoms. The fraction of sp³-hybridized carbons (Fsp3) is 0.529. The van der Waals surface area contributed by atoms with Crippen LogP contribution in [0.2, 0.25) is 5.02 Å². The van der Waals surface area contributed by atoms with E-state index in [4.69, 9.17) is 11.6 Å². The quantitative estimate of drug-likeness (QED) is 0.808. The number of benzene rings is 1. The standard InChI is InChI=1S/C17H20ClN3O2/c1-8(2)16(22)20-15-10-5-17(23,6-11(10)15)13-3-9(18)4-14-12(13)7-19-21-14/h3-4,7-8,10-11,15,23H,5-6H2,1-2H3,(H,19,21)(H,20,22)/t10-,11+,15-,17+. The highest BCUT2D eigenvalue weighted by molar-refractivity contribution is 6.31. The van der Waals surface area contributed by atoms with E-state index in [1.54, 1.807) is 6.20 Å². The Morgan fingerprint density at radius 3 is 2.78 bits per heavy atom. The number of nitrogens with one attached hydrogen (secondary N) is 2. The van der Waals surface area contributed by atoms with Gasteiger partial charge in [-0.3, -0.25) is 9.89 Å². The summed E-state index contributed by atoms with van der Waals surface area (Å²) in [5, 5.41) is 22.7. The van der Waals surface area contributed by atoms with Crippen molar-refractivity contribution < 1.29 is 9.90 Å². The molecule has 0 bridgehead atoms. The minimum absolute atomic E-state index is 0.00584. The molecule has 0 saturated heterocycles. The van der Waals surface area contributed by atoms with Gasteiger partial charge in [0.05, 0.1) is 17.3 Å². The number of aromatic nitrogens is 2. The Hall–Kier alpha value is -1.59. The third-order valence-electron chi connectivity index (χ3n) is 5.34. The molecule has 5 nitrogen and oxygen atoms in total. The Balaban J connectivity index is 1.56. The van der Waals surface area contributed by atoms with Crippen molar-refractivity contribution in [2.75, 3.05) is 0 Å². The Morgan fingerprint density at radius 2 is 2.13 bits per heavy atom. The molecule has 3 N–H and O–H groups in total. The van der Waals surface area contributed by atoms with E-state index in [0.717, 1.165) is 16.5 Å². The van der Waals surface area contributed by atoms with Crippen molar-refractivity contribution in [2.45, 2.75) is 38.3 Å². The zero-order chi connectivity index (χ0) is 16.4. The van der Waals surface area contributed by atoms with Crippen LogP contribution in [0.25, 0.3) is 10.9 Å². The van der Waals surface area contributed by atoms with Gasteiger partial charge in [-0.25, -0.2) is 0 Å². The first kappa shape index (κ1) is 15.0. The normalized spacial score (nSPS) is 32.3. The number of aromatic amines is 1. The minimum Gasteiger partial charge on any atom is -0.385 e. The van der Waals surface area contributed by atoms with Crippen LogP contribution < -0.4 is 5.32 Å². The molecular weight excluding hydrogens is 314 g/mol. The molecule has 2 aliphatic rings. The second-order valence-electron chi connectivity index (χ2n) is 7.24. The van der Waals surface area contributed by atoms with E-state index in [0.29, 0.717) is 29.7 Å². The van der Waals surface area contributed by atoms with Crippen molar-refractivity contribution in [1.29, 1.82) is 0 Å². The van der Waals surface area contributed by atoms with Crippen LogP contribution in [0.5, 0.6) is 0 Å². The maximum absolute atomic E-state index is 11.8. The molecule has 1 heterocycles. The van der Waals surface area contributed by atoms with Crippen molar-refractivity contribution in [1.82, 2.24) is 15.5 Å². The smallest absolute Gasteiger partial charge is 0.222 e. The first-order valence-electron chi connectivity index (χ1n) is 8.05. The average Bonchev–Trinajstić information content (AvgIpc) is 2.88. The molecule has 0 radical (unpaired) electrons. The number of amides is 1. The summed E-state index contributed by atoms with van der Waals surface area (Å²) in [6, 6.07) is 3.87. The van der Waals surface area contributed by atoms with E-state index in [1.165, 1.54) is 0 Å². The number of rotatable bonds is 3. The maximum Gasteiger partial charge on any atom is 0.222 e. The monoisotopic (exact) mass is 333 g/mol. The van der Waals surface area contributed by atoms with Crippen molar-refractivity contribution in [3.05, 3.63) is 28.9 Å². The lowest BCUT2D eigenvalue weighted by Crippen LogP contribution is -2.35. The molecule has 0 aliphatic heterocycles. The SMILES string of the molecule is CC(C)C(=O)N[C@@H]1[C@@H]2C[C@@](O)(c3cc(Cl)cc4[nH]ncc34)C[C@@H]21. The third kappa shape index (κ3) is 2.34. The Kier molecular flexibility index (Phi) is 3.22. The van der Waals surface area contributed by atoms with Gasteiger partial charge in [0.1, 0.15) is 0 Å². The van der Waals surface area contributed by atoms with Gasteiger partial charge in [-0.05, 0) is 42.4 Å². The number of carbonyl (C=O) groups is 1. The van der Waals surface area contributed by atoms with Gasteiger partial charge in [0.2, 0.25) is 5.91 Å².